The molecule has 0 bridgehead atoms. The summed E-state index contributed by atoms with van der Waals surface area (Å²) in [7, 11) is 0. The normalized spacial score (nSPS) is 25.7. The zero-order valence-corrected chi connectivity index (χ0v) is 15.1. The van der Waals surface area contributed by atoms with Crippen molar-refractivity contribution in [3.8, 4) is 0 Å². The largest absolute Gasteiger partial charge is 0.481 e. The van der Waals surface area contributed by atoms with Gasteiger partial charge in [-0.2, -0.15) is 0 Å². The van der Waals surface area contributed by atoms with Crippen molar-refractivity contribution in [3.05, 3.63) is 34.3 Å². The van der Waals surface area contributed by atoms with E-state index in [2.05, 4.69) is 15.9 Å². The summed E-state index contributed by atoms with van der Waals surface area (Å²) in [5.41, 5.74) is -0.201. The third-order valence-corrected chi connectivity index (χ3v) is 6.15. The van der Waals surface area contributed by atoms with Crippen molar-refractivity contribution in [2.24, 2.45) is 11.3 Å². The summed E-state index contributed by atoms with van der Waals surface area (Å²) in [4.78, 5) is 26.6. The van der Waals surface area contributed by atoms with E-state index in [1.165, 1.54) is 0 Å². The fourth-order valence-corrected chi connectivity index (χ4v) is 4.14. The Bertz CT molecular complexity index is 653. The molecule has 1 atom stereocenters. The maximum absolute atomic E-state index is 13.1. The molecule has 1 N–H and O–H groups in total. The number of carboxylic acid groups (broad SMARTS) is 1. The van der Waals surface area contributed by atoms with Crippen molar-refractivity contribution in [2.75, 3.05) is 13.1 Å². The van der Waals surface area contributed by atoms with Crippen LogP contribution in [0.2, 0.25) is 0 Å². The summed E-state index contributed by atoms with van der Waals surface area (Å²) in [6.07, 6.45) is 2.24. The van der Waals surface area contributed by atoms with Gasteiger partial charge < -0.3 is 10.0 Å². The van der Waals surface area contributed by atoms with Crippen LogP contribution in [0.5, 0.6) is 0 Å². The fraction of sp³-hybridized carbons (Fsp3) is 0.556. The number of benzene rings is 1. The van der Waals surface area contributed by atoms with E-state index in [0.717, 1.165) is 22.9 Å². The number of carbonyl (C=O) groups is 2. The van der Waals surface area contributed by atoms with Gasteiger partial charge in [0.15, 0.2) is 0 Å². The minimum absolute atomic E-state index is 0.0128. The monoisotopic (exact) mass is 379 g/mol. The molecule has 0 spiro atoms. The molecule has 1 saturated heterocycles. The molecule has 1 heterocycles. The summed E-state index contributed by atoms with van der Waals surface area (Å²) in [6, 6.07) is 7.91. The van der Waals surface area contributed by atoms with Crippen molar-refractivity contribution >= 4 is 27.8 Å². The molecule has 124 valence electrons. The highest BCUT2D eigenvalue weighted by molar-refractivity contribution is 9.10. The van der Waals surface area contributed by atoms with Crippen LogP contribution < -0.4 is 0 Å². The van der Waals surface area contributed by atoms with Gasteiger partial charge in [-0.1, -0.05) is 41.9 Å². The van der Waals surface area contributed by atoms with Crippen LogP contribution in [-0.2, 0) is 15.0 Å². The van der Waals surface area contributed by atoms with E-state index in [1.807, 2.05) is 38.1 Å². The molecule has 3 rings (SSSR count). The highest BCUT2D eigenvalue weighted by Gasteiger charge is 2.57. The predicted molar refractivity (Wildman–Crippen MR) is 91.2 cm³/mol. The number of carbonyl (C=O) groups excluding carboxylic acids is 1. The van der Waals surface area contributed by atoms with Gasteiger partial charge in [0, 0.05) is 17.6 Å². The van der Waals surface area contributed by atoms with E-state index < -0.39 is 16.8 Å². The van der Waals surface area contributed by atoms with Crippen LogP contribution in [0.25, 0.3) is 0 Å². The maximum Gasteiger partial charge on any atom is 0.311 e. The molecule has 0 aromatic heterocycles. The van der Waals surface area contributed by atoms with Gasteiger partial charge in [-0.25, -0.2) is 0 Å². The lowest BCUT2D eigenvalue weighted by Crippen LogP contribution is -2.43. The summed E-state index contributed by atoms with van der Waals surface area (Å²) in [5.74, 6) is -0.673. The molecule has 1 saturated carbocycles. The molecule has 23 heavy (non-hydrogen) atoms. The van der Waals surface area contributed by atoms with Crippen molar-refractivity contribution in [2.45, 2.75) is 38.5 Å². The van der Waals surface area contributed by atoms with Crippen LogP contribution >= 0.6 is 15.9 Å². The van der Waals surface area contributed by atoms with Crippen LogP contribution in [0.15, 0.2) is 28.7 Å². The summed E-state index contributed by atoms with van der Waals surface area (Å²) < 4.78 is 0.970. The van der Waals surface area contributed by atoms with E-state index in [4.69, 9.17) is 0 Å². The molecular formula is C18H22BrNO3. The van der Waals surface area contributed by atoms with Crippen molar-refractivity contribution in [1.29, 1.82) is 0 Å². The van der Waals surface area contributed by atoms with Gasteiger partial charge in [0.25, 0.3) is 0 Å². The van der Waals surface area contributed by atoms with E-state index in [9.17, 15) is 14.7 Å². The number of hydrogen-bond acceptors (Lipinski definition) is 2. The average molecular weight is 380 g/mol. The number of halogens is 1. The molecule has 1 aromatic carbocycles. The molecule has 1 aliphatic heterocycles. The molecule has 4 nitrogen and oxygen atoms in total. The first-order valence-corrected chi connectivity index (χ1v) is 8.90. The third-order valence-electron chi connectivity index (χ3n) is 5.66. The van der Waals surface area contributed by atoms with Crippen LogP contribution in [0, 0.1) is 11.3 Å². The number of likely N-dealkylation sites (tertiary alicyclic amines) is 1. The lowest BCUT2D eigenvalue weighted by Gasteiger charge is -2.30. The van der Waals surface area contributed by atoms with Gasteiger partial charge in [0.05, 0.1) is 10.8 Å². The molecule has 1 amide bonds. The topological polar surface area (TPSA) is 57.6 Å². The van der Waals surface area contributed by atoms with Gasteiger partial charge in [-0.3, -0.25) is 9.59 Å². The van der Waals surface area contributed by atoms with Gasteiger partial charge in [0.1, 0.15) is 0 Å². The Morgan fingerprint density at radius 2 is 1.96 bits per heavy atom. The van der Waals surface area contributed by atoms with Crippen LogP contribution in [-0.4, -0.2) is 35.0 Å². The highest BCUT2D eigenvalue weighted by atomic mass is 79.9. The molecule has 1 aliphatic carbocycles. The van der Waals surface area contributed by atoms with Crippen LogP contribution in [0.3, 0.4) is 0 Å². The molecule has 5 heteroatoms. The number of aliphatic carboxylic acids is 1. The number of amides is 1. The summed E-state index contributed by atoms with van der Waals surface area (Å²) in [5, 5.41) is 9.66. The standard InChI is InChI=1S/C18H22BrNO3/c1-12(2)18(16(22)23)8-9-20(11-18)15(21)17(6-7-17)13-4-3-5-14(19)10-13/h3-5,10,12H,6-9,11H2,1-2H3,(H,22,23). The fourth-order valence-electron chi connectivity index (χ4n) is 3.74. The Morgan fingerprint density at radius 1 is 1.26 bits per heavy atom. The Morgan fingerprint density at radius 3 is 2.43 bits per heavy atom. The molecular weight excluding hydrogens is 358 g/mol. The van der Waals surface area contributed by atoms with Crippen LogP contribution in [0.1, 0.15) is 38.7 Å². The molecule has 2 fully saturated rings. The first-order valence-electron chi connectivity index (χ1n) is 8.11. The second-order valence-corrected chi connectivity index (χ2v) is 8.10. The van der Waals surface area contributed by atoms with Gasteiger partial charge in [-0.05, 0) is 42.9 Å². The SMILES string of the molecule is CC(C)C1(C(=O)O)CCN(C(=O)C2(c3cccc(Br)c3)CC2)C1. The van der Waals surface area contributed by atoms with E-state index in [0.29, 0.717) is 19.5 Å². The van der Waals surface area contributed by atoms with Gasteiger partial charge in [0.2, 0.25) is 5.91 Å². The lowest BCUT2D eigenvalue weighted by atomic mass is 9.76. The third kappa shape index (κ3) is 2.59. The number of carboxylic acids is 1. The number of hydrogen-bond donors (Lipinski definition) is 1. The second-order valence-electron chi connectivity index (χ2n) is 7.19. The van der Waals surface area contributed by atoms with Crippen LogP contribution in [0.4, 0.5) is 0 Å². The summed E-state index contributed by atoms with van der Waals surface area (Å²) in [6.45, 7) is 4.74. The zero-order chi connectivity index (χ0) is 16.8. The predicted octanol–water partition coefficient (Wildman–Crippen LogP) is 3.44. The highest BCUT2D eigenvalue weighted by Crippen LogP contribution is 2.51. The second kappa shape index (κ2) is 5.62. The average Bonchev–Trinajstić information content (AvgIpc) is 3.18. The quantitative estimate of drug-likeness (QED) is 0.871. The molecule has 0 radical (unpaired) electrons. The van der Waals surface area contributed by atoms with Crippen molar-refractivity contribution in [3.63, 3.8) is 0 Å². The number of nitrogens with zero attached hydrogens (tertiary/aromatic N) is 1. The maximum atomic E-state index is 13.1. The first-order chi connectivity index (χ1) is 10.8. The Kier molecular flexibility index (Phi) is 4.03. The lowest BCUT2D eigenvalue weighted by molar-refractivity contribution is -0.151. The van der Waals surface area contributed by atoms with E-state index in [-0.39, 0.29) is 11.8 Å². The van der Waals surface area contributed by atoms with Crippen molar-refractivity contribution < 1.29 is 14.7 Å². The Balaban J connectivity index is 1.84. The molecule has 1 aromatic rings. The smallest absolute Gasteiger partial charge is 0.311 e. The zero-order valence-electron chi connectivity index (χ0n) is 13.5. The Labute approximate surface area is 145 Å². The molecule has 1 unspecified atom stereocenters. The van der Waals surface area contributed by atoms with Crippen molar-refractivity contribution in [1.82, 2.24) is 4.90 Å². The number of rotatable bonds is 4. The van der Waals surface area contributed by atoms with E-state index in [1.54, 1.807) is 4.90 Å². The first kappa shape index (κ1) is 16.5. The van der Waals surface area contributed by atoms with Gasteiger partial charge in [-0.15, -0.1) is 0 Å². The summed E-state index contributed by atoms with van der Waals surface area (Å²) >= 11 is 3.47. The van der Waals surface area contributed by atoms with E-state index >= 15 is 0 Å². The minimum atomic E-state index is -0.803. The molecule has 2 aliphatic rings. The minimum Gasteiger partial charge on any atom is -0.481 e. The Hall–Kier alpha value is -1.36. The van der Waals surface area contributed by atoms with Gasteiger partial charge >= 0.3 is 5.97 Å².